The molecule has 5 nitrogen and oxygen atoms in total. The summed E-state index contributed by atoms with van der Waals surface area (Å²) in [7, 11) is 0. The van der Waals surface area contributed by atoms with Crippen LogP contribution in [0.1, 0.15) is 25.7 Å². The monoisotopic (exact) mass is 330 g/mol. The van der Waals surface area contributed by atoms with E-state index in [1.54, 1.807) is 11.3 Å². The van der Waals surface area contributed by atoms with E-state index in [9.17, 15) is 4.79 Å². The first kappa shape index (κ1) is 14.8. The van der Waals surface area contributed by atoms with Crippen molar-refractivity contribution in [3.63, 3.8) is 0 Å². The van der Waals surface area contributed by atoms with Gasteiger partial charge in [-0.25, -0.2) is 9.78 Å². The molecule has 1 unspecified atom stereocenters. The summed E-state index contributed by atoms with van der Waals surface area (Å²) in [5.41, 5.74) is 1.06. The molecule has 1 aliphatic carbocycles. The zero-order chi connectivity index (χ0) is 15.6. The Balaban J connectivity index is 1.37. The standard InChI is InChI=1S/C17H22N4OS/c22-16(18-10-12-7-8-12)19-13-4-3-9-21(11-13)17-20-14-5-1-2-6-15(14)23-17/h1-2,5-6,12-13H,3-4,7-11H2,(H2,18,19,22). The molecule has 2 aromatic rings. The number of fused-ring (bicyclic) bond motifs is 1. The van der Waals surface area contributed by atoms with Crippen LogP contribution in [0.3, 0.4) is 0 Å². The summed E-state index contributed by atoms with van der Waals surface area (Å²) in [5.74, 6) is 0.714. The largest absolute Gasteiger partial charge is 0.346 e. The lowest BCUT2D eigenvalue weighted by Crippen LogP contribution is -2.50. The third-order valence-corrected chi connectivity index (χ3v) is 5.66. The average Bonchev–Trinajstić information content (AvgIpc) is 3.29. The number of carbonyl (C=O) groups excluding carboxylic acids is 1. The molecule has 0 bridgehead atoms. The van der Waals surface area contributed by atoms with Crippen LogP contribution < -0.4 is 15.5 Å². The Kier molecular flexibility index (Phi) is 4.08. The molecule has 2 N–H and O–H groups in total. The van der Waals surface area contributed by atoms with Gasteiger partial charge >= 0.3 is 6.03 Å². The molecule has 1 atom stereocenters. The number of nitrogens with zero attached hydrogens (tertiary/aromatic N) is 2. The maximum Gasteiger partial charge on any atom is 0.315 e. The van der Waals surface area contributed by atoms with Gasteiger partial charge in [0.1, 0.15) is 0 Å². The molecular weight excluding hydrogens is 308 g/mol. The van der Waals surface area contributed by atoms with Crippen molar-refractivity contribution >= 4 is 32.7 Å². The first-order valence-electron chi connectivity index (χ1n) is 8.43. The van der Waals surface area contributed by atoms with Crippen molar-refractivity contribution in [3.8, 4) is 0 Å². The quantitative estimate of drug-likeness (QED) is 0.906. The maximum absolute atomic E-state index is 12.0. The third kappa shape index (κ3) is 3.58. The predicted octanol–water partition coefficient (Wildman–Crippen LogP) is 2.97. The van der Waals surface area contributed by atoms with E-state index in [1.807, 2.05) is 6.07 Å². The molecule has 2 fully saturated rings. The topological polar surface area (TPSA) is 57.3 Å². The van der Waals surface area contributed by atoms with Gasteiger partial charge < -0.3 is 15.5 Å². The highest BCUT2D eigenvalue weighted by Gasteiger charge is 2.25. The molecule has 122 valence electrons. The van der Waals surface area contributed by atoms with Crippen LogP contribution in [-0.4, -0.2) is 36.7 Å². The van der Waals surface area contributed by atoms with E-state index >= 15 is 0 Å². The van der Waals surface area contributed by atoms with Gasteiger partial charge in [0.05, 0.1) is 10.2 Å². The number of nitrogens with one attached hydrogen (secondary N) is 2. The Morgan fingerprint density at radius 1 is 1.30 bits per heavy atom. The van der Waals surface area contributed by atoms with Gasteiger partial charge in [0.15, 0.2) is 5.13 Å². The van der Waals surface area contributed by atoms with Crippen molar-refractivity contribution in [2.45, 2.75) is 31.7 Å². The fourth-order valence-corrected chi connectivity index (χ4v) is 4.06. The number of carbonyl (C=O) groups is 1. The number of thiazole rings is 1. The minimum Gasteiger partial charge on any atom is -0.346 e. The average molecular weight is 330 g/mol. The van der Waals surface area contributed by atoms with Crippen LogP contribution in [0.5, 0.6) is 0 Å². The summed E-state index contributed by atoms with van der Waals surface area (Å²) >= 11 is 1.73. The molecule has 2 heterocycles. The normalized spacial score (nSPS) is 21.4. The summed E-state index contributed by atoms with van der Waals surface area (Å²) < 4.78 is 1.22. The van der Waals surface area contributed by atoms with Crippen molar-refractivity contribution in [1.29, 1.82) is 0 Å². The van der Waals surface area contributed by atoms with Crippen LogP contribution in [0.4, 0.5) is 9.93 Å². The van der Waals surface area contributed by atoms with Gasteiger partial charge in [-0.1, -0.05) is 23.5 Å². The second-order valence-electron chi connectivity index (χ2n) is 6.55. The zero-order valence-corrected chi connectivity index (χ0v) is 13.9. The van der Waals surface area contributed by atoms with E-state index in [1.165, 1.54) is 17.5 Å². The van der Waals surface area contributed by atoms with Crippen LogP contribution in [-0.2, 0) is 0 Å². The lowest BCUT2D eigenvalue weighted by Gasteiger charge is -2.32. The molecule has 1 saturated heterocycles. The van der Waals surface area contributed by atoms with Crippen molar-refractivity contribution in [2.24, 2.45) is 5.92 Å². The molecule has 0 spiro atoms. The van der Waals surface area contributed by atoms with E-state index < -0.39 is 0 Å². The Labute approximate surface area is 140 Å². The summed E-state index contributed by atoms with van der Waals surface area (Å²) in [6.45, 7) is 2.68. The third-order valence-electron chi connectivity index (χ3n) is 4.56. The number of urea groups is 1. The first-order chi connectivity index (χ1) is 11.3. The first-order valence-corrected chi connectivity index (χ1v) is 9.24. The van der Waals surface area contributed by atoms with E-state index in [-0.39, 0.29) is 12.1 Å². The van der Waals surface area contributed by atoms with Gasteiger partial charge in [-0.05, 0) is 43.7 Å². The maximum atomic E-state index is 12.0. The predicted molar refractivity (Wildman–Crippen MR) is 94.1 cm³/mol. The SMILES string of the molecule is O=C(NCC1CC1)NC1CCCN(c2nc3ccccc3s2)C1. The van der Waals surface area contributed by atoms with Gasteiger partial charge in [0.2, 0.25) is 0 Å². The molecule has 1 saturated carbocycles. The number of para-hydroxylation sites is 1. The fourth-order valence-electron chi connectivity index (χ4n) is 3.06. The molecule has 2 aliphatic rings. The van der Waals surface area contributed by atoms with Crippen LogP contribution in [0.15, 0.2) is 24.3 Å². The Morgan fingerprint density at radius 2 is 2.17 bits per heavy atom. The Bertz CT molecular complexity index is 664. The lowest BCUT2D eigenvalue weighted by molar-refractivity contribution is 0.234. The van der Waals surface area contributed by atoms with E-state index in [4.69, 9.17) is 4.98 Å². The van der Waals surface area contributed by atoms with Gasteiger partial charge in [-0.15, -0.1) is 0 Å². The van der Waals surface area contributed by atoms with Crippen LogP contribution in [0.25, 0.3) is 10.2 Å². The highest BCUT2D eigenvalue weighted by Crippen LogP contribution is 2.30. The molecule has 1 aliphatic heterocycles. The molecule has 6 heteroatoms. The van der Waals surface area contributed by atoms with Crippen LogP contribution >= 0.6 is 11.3 Å². The van der Waals surface area contributed by atoms with Crippen molar-refractivity contribution < 1.29 is 4.79 Å². The van der Waals surface area contributed by atoms with Gasteiger partial charge in [0, 0.05) is 25.7 Å². The molecular formula is C17H22N4OS. The number of aromatic nitrogens is 1. The number of hydrogen-bond donors (Lipinski definition) is 2. The van der Waals surface area contributed by atoms with Crippen molar-refractivity contribution in [2.75, 3.05) is 24.5 Å². The summed E-state index contributed by atoms with van der Waals surface area (Å²) in [4.78, 5) is 19.0. The van der Waals surface area contributed by atoms with Crippen LogP contribution in [0.2, 0.25) is 0 Å². The fraction of sp³-hybridized carbons (Fsp3) is 0.529. The molecule has 23 heavy (non-hydrogen) atoms. The van der Waals surface area contributed by atoms with E-state index in [2.05, 4.69) is 33.7 Å². The minimum atomic E-state index is -0.0203. The number of piperidine rings is 1. The number of amides is 2. The molecule has 0 radical (unpaired) electrons. The summed E-state index contributed by atoms with van der Waals surface area (Å²) in [6, 6.07) is 8.43. The highest BCUT2D eigenvalue weighted by atomic mass is 32.1. The second kappa shape index (κ2) is 6.35. The highest BCUT2D eigenvalue weighted by molar-refractivity contribution is 7.22. The number of rotatable bonds is 4. The van der Waals surface area contributed by atoms with Gasteiger partial charge in [0.25, 0.3) is 0 Å². The van der Waals surface area contributed by atoms with Gasteiger partial charge in [-0.2, -0.15) is 0 Å². The molecule has 4 rings (SSSR count). The summed E-state index contributed by atoms with van der Waals surface area (Å²) in [6.07, 6.45) is 4.64. The van der Waals surface area contributed by atoms with Crippen molar-refractivity contribution in [3.05, 3.63) is 24.3 Å². The molecule has 1 aromatic carbocycles. The van der Waals surface area contributed by atoms with E-state index in [0.717, 1.165) is 43.1 Å². The van der Waals surface area contributed by atoms with E-state index in [0.29, 0.717) is 5.92 Å². The van der Waals surface area contributed by atoms with Gasteiger partial charge in [-0.3, -0.25) is 0 Å². The molecule has 2 amide bonds. The van der Waals surface area contributed by atoms with Crippen molar-refractivity contribution in [1.82, 2.24) is 15.6 Å². The second-order valence-corrected chi connectivity index (χ2v) is 7.56. The number of benzene rings is 1. The summed E-state index contributed by atoms with van der Waals surface area (Å²) in [5, 5.41) is 7.17. The Morgan fingerprint density at radius 3 is 3.00 bits per heavy atom. The molecule has 1 aromatic heterocycles. The smallest absolute Gasteiger partial charge is 0.315 e. The zero-order valence-electron chi connectivity index (χ0n) is 13.1. The Hall–Kier alpha value is -1.82. The minimum absolute atomic E-state index is 0.0203. The number of anilines is 1. The van der Waals surface area contributed by atoms with Crippen LogP contribution in [0, 0.1) is 5.92 Å². The lowest BCUT2D eigenvalue weighted by atomic mass is 10.1. The number of hydrogen-bond acceptors (Lipinski definition) is 4.